The Kier molecular flexibility index (Phi) is 6.01. The van der Waals surface area contributed by atoms with E-state index in [1.54, 1.807) is 12.4 Å². The zero-order valence-corrected chi connectivity index (χ0v) is 14.8. The van der Waals surface area contributed by atoms with E-state index in [2.05, 4.69) is 44.4 Å². The van der Waals surface area contributed by atoms with Crippen LogP contribution in [0.1, 0.15) is 18.4 Å². The van der Waals surface area contributed by atoms with Gasteiger partial charge in [-0.25, -0.2) is 0 Å². The predicted octanol–water partition coefficient (Wildman–Crippen LogP) is 2.30. The van der Waals surface area contributed by atoms with Gasteiger partial charge in [-0.3, -0.25) is 14.7 Å². The number of hydrogen-bond donors (Lipinski definition) is 1. The van der Waals surface area contributed by atoms with Crippen LogP contribution >= 0.6 is 0 Å². The minimum atomic E-state index is 0.0585. The van der Waals surface area contributed by atoms with Crippen LogP contribution in [0.2, 0.25) is 0 Å². The molecule has 0 aliphatic carbocycles. The topological polar surface area (TPSA) is 48.5 Å². The second kappa shape index (κ2) is 8.62. The van der Waals surface area contributed by atoms with E-state index in [9.17, 15) is 4.79 Å². The van der Waals surface area contributed by atoms with Gasteiger partial charge in [-0.1, -0.05) is 24.3 Å². The molecule has 1 aliphatic heterocycles. The third-order valence-electron chi connectivity index (χ3n) is 4.75. The monoisotopic (exact) mass is 338 g/mol. The first-order valence-corrected chi connectivity index (χ1v) is 8.88. The van der Waals surface area contributed by atoms with E-state index < -0.39 is 0 Å². The summed E-state index contributed by atoms with van der Waals surface area (Å²) in [5.41, 5.74) is 2.29. The number of benzene rings is 1. The maximum Gasteiger partial charge on any atom is 0.234 e. The van der Waals surface area contributed by atoms with Crippen molar-refractivity contribution in [3.05, 3.63) is 60.4 Å². The fraction of sp³-hybridized carbons (Fsp3) is 0.400. The SMILES string of the molecule is CN(CC(=O)NCc1cccnc1)[C@@H]1CCCN(c2ccccc2)C1. The van der Waals surface area contributed by atoms with Gasteiger partial charge in [0.1, 0.15) is 0 Å². The number of likely N-dealkylation sites (N-methyl/N-ethyl adjacent to an activating group) is 1. The molecule has 0 radical (unpaired) electrons. The fourth-order valence-electron chi connectivity index (χ4n) is 3.30. The smallest absolute Gasteiger partial charge is 0.234 e. The Morgan fingerprint density at radius 1 is 1.28 bits per heavy atom. The Bertz CT molecular complexity index is 662. The number of nitrogens with one attached hydrogen (secondary N) is 1. The van der Waals surface area contributed by atoms with Crippen LogP contribution in [0.25, 0.3) is 0 Å². The van der Waals surface area contributed by atoms with Gasteiger partial charge >= 0.3 is 0 Å². The summed E-state index contributed by atoms with van der Waals surface area (Å²) in [6.07, 6.45) is 5.81. The second-order valence-corrected chi connectivity index (χ2v) is 6.63. The quantitative estimate of drug-likeness (QED) is 0.878. The number of rotatable bonds is 6. The van der Waals surface area contributed by atoms with Crippen molar-refractivity contribution >= 4 is 11.6 Å². The average molecular weight is 338 g/mol. The third kappa shape index (κ3) is 5.03. The van der Waals surface area contributed by atoms with Gasteiger partial charge in [0.15, 0.2) is 0 Å². The molecule has 2 aromatic rings. The first-order valence-electron chi connectivity index (χ1n) is 8.88. The summed E-state index contributed by atoms with van der Waals surface area (Å²) in [5, 5.41) is 2.98. The van der Waals surface area contributed by atoms with E-state index in [4.69, 9.17) is 0 Å². The highest BCUT2D eigenvalue weighted by atomic mass is 16.2. The van der Waals surface area contributed by atoms with Gasteiger partial charge in [0.05, 0.1) is 6.54 Å². The molecule has 0 bridgehead atoms. The first-order chi connectivity index (χ1) is 12.2. The van der Waals surface area contributed by atoms with Crippen LogP contribution in [-0.4, -0.2) is 48.5 Å². The molecule has 1 N–H and O–H groups in total. The molecular formula is C20H26N4O. The highest BCUT2D eigenvalue weighted by molar-refractivity contribution is 5.78. The van der Waals surface area contributed by atoms with E-state index >= 15 is 0 Å². The van der Waals surface area contributed by atoms with Gasteiger partial charge in [0.2, 0.25) is 5.91 Å². The Balaban J connectivity index is 1.48. The molecule has 1 fully saturated rings. The van der Waals surface area contributed by atoms with Crippen molar-refractivity contribution in [2.45, 2.75) is 25.4 Å². The van der Waals surface area contributed by atoms with Gasteiger partial charge < -0.3 is 10.2 Å². The lowest BCUT2D eigenvalue weighted by molar-refractivity contribution is -0.122. The number of pyridine rings is 1. The molecule has 3 rings (SSSR count). The van der Waals surface area contributed by atoms with Crippen molar-refractivity contribution in [3.63, 3.8) is 0 Å². The van der Waals surface area contributed by atoms with Crippen LogP contribution < -0.4 is 10.2 Å². The largest absolute Gasteiger partial charge is 0.370 e. The zero-order valence-electron chi connectivity index (χ0n) is 14.8. The average Bonchev–Trinajstić information content (AvgIpc) is 2.68. The summed E-state index contributed by atoms with van der Waals surface area (Å²) in [7, 11) is 2.04. The lowest BCUT2D eigenvalue weighted by Crippen LogP contribution is -2.49. The van der Waals surface area contributed by atoms with Crippen LogP contribution in [0, 0.1) is 0 Å². The van der Waals surface area contributed by atoms with Crippen molar-refractivity contribution < 1.29 is 4.79 Å². The van der Waals surface area contributed by atoms with Crippen LogP contribution in [0.3, 0.4) is 0 Å². The van der Waals surface area contributed by atoms with Crippen LogP contribution in [0.4, 0.5) is 5.69 Å². The van der Waals surface area contributed by atoms with Crippen LogP contribution in [-0.2, 0) is 11.3 Å². The summed E-state index contributed by atoms with van der Waals surface area (Å²) in [6, 6.07) is 14.8. The molecule has 1 atom stereocenters. The van der Waals surface area contributed by atoms with Gasteiger partial charge in [-0.2, -0.15) is 0 Å². The second-order valence-electron chi connectivity index (χ2n) is 6.63. The maximum absolute atomic E-state index is 12.2. The molecule has 1 aromatic carbocycles. The summed E-state index contributed by atoms with van der Waals surface area (Å²) < 4.78 is 0. The number of anilines is 1. The molecule has 132 valence electrons. The highest BCUT2D eigenvalue weighted by Crippen LogP contribution is 2.21. The van der Waals surface area contributed by atoms with Crippen LogP contribution in [0.15, 0.2) is 54.9 Å². The first kappa shape index (κ1) is 17.4. The number of piperidine rings is 1. The Morgan fingerprint density at radius 2 is 2.12 bits per heavy atom. The number of nitrogens with zero attached hydrogens (tertiary/aromatic N) is 3. The molecule has 5 heteroatoms. The van der Waals surface area contributed by atoms with Crippen LogP contribution in [0.5, 0.6) is 0 Å². The number of hydrogen-bond acceptors (Lipinski definition) is 4. The summed E-state index contributed by atoms with van der Waals surface area (Å²) >= 11 is 0. The molecule has 0 saturated carbocycles. The lowest BCUT2D eigenvalue weighted by atomic mass is 10.0. The zero-order chi connectivity index (χ0) is 17.5. The van der Waals surface area contributed by atoms with Crippen molar-refractivity contribution in [1.82, 2.24) is 15.2 Å². The summed E-state index contributed by atoms with van der Waals surface area (Å²) in [4.78, 5) is 20.9. The van der Waals surface area contributed by atoms with Crippen molar-refractivity contribution in [2.75, 3.05) is 31.6 Å². The molecule has 1 saturated heterocycles. The van der Waals surface area contributed by atoms with Crippen molar-refractivity contribution in [3.8, 4) is 0 Å². The van der Waals surface area contributed by atoms with E-state index in [0.29, 0.717) is 19.1 Å². The molecule has 1 amide bonds. The van der Waals surface area contributed by atoms with Gasteiger partial charge in [0.25, 0.3) is 0 Å². The van der Waals surface area contributed by atoms with Crippen molar-refractivity contribution in [2.24, 2.45) is 0 Å². The minimum Gasteiger partial charge on any atom is -0.370 e. The molecular weight excluding hydrogens is 312 g/mol. The minimum absolute atomic E-state index is 0.0585. The standard InChI is InChI=1S/C20H26N4O/c1-23(16-20(25)22-14-17-7-5-11-21-13-17)19-10-6-12-24(15-19)18-8-3-2-4-9-18/h2-5,7-9,11,13,19H,6,10,12,14-16H2,1H3,(H,22,25)/t19-/m1/s1. The Hall–Kier alpha value is -2.40. The molecule has 5 nitrogen and oxygen atoms in total. The number of amides is 1. The Labute approximate surface area is 149 Å². The highest BCUT2D eigenvalue weighted by Gasteiger charge is 2.24. The van der Waals surface area contributed by atoms with Gasteiger partial charge in [-0.05, 0) is 43.7 Å². The maximum atomic E-state index is 12.2. The fourth-order valence-corrected chi connectivity index (χ4v) is 3.30. The number of aromatic nitrogens is 1. The predicted molar refractivity (Wildman–Crippen MR) is 100 cm³/mol. The normalized spacial score (nSPS) is 17.5. The molecule has 1 aliphatic rings. The lowest BCUT2D eigenvalue weighted by Gasteiger charge is -2.38. The van der Waals surface area contributed by atoms with Crippen molar-refractivity contribution in [1.29, 1.82) is 0 Å². The van der Waals surface area contributed by atoms with E-state index in [0.717, 1.165) is 31.5 Å². The van der Waals surface area contributed by atoms with Gasteiger partial charge in [0, 0.05) is 43.8 Å². The molecule has 2 heterocycles. The molecule has 1 aromatic heterocycles. The van der Waals surface area contributed by atoms with E-state index in [1.165, 1.54) is 5.69 Å². The summed E-state index contributed by atoms with van der Waals surface area (Å²) in [5.74, 6) is 0.0585. The molecule has 0 spiro atoms. The third-order valence-corrected chi connectivity index (χ3v) is 4.75. The Morgan fingerprint density at radius 3 is 2.88 bits per heavy atom. The molecule has 25 heavy (non-hydrogen) atoms. The summed E-state index contributed by atoms with van der Waals surface area (Å²) in [6.45, 7) is 3.01. The number of para-hydroxylation sites is 1. The van der Waals surface area contributed by atoms with Gasteiger partial charge in [-0.15, -0.1) is 0 Å². The number of carbonyl (C=O) groups excluding carboxylic acids is 1. The van der Waals surface area contributed by atoms with E-state index in [1.807, 2.05) is 25.2 Å². The number of carbonyl (C=O) groups is 1. The van der Waals surface area contributed by atoms with E-state index in [-0.39, 0.29) is 5.91 Å². The molecule has 0 unspecified atom stereocenters.